The van der Waals surface area contributed by atoms with Gasteiger partial charge in [0, 0.05) is 23.7 Å². The van der Waals surface area contributed by atoms with Gasteiger partial charge in [0.2, 0.25) is 5.91 Å². The minimum Gasteiger partial charge on any atom is -0.349 e. The van der Waals surface area contributed by atoms with Gasteiger partial charge in [-0.2, -0.15) is 0 Å². The van der Waals surface area contributed by atoms with E-state index in [0.29, 0.717) is 23.9 Å². The van der Waals surface area contributed by atoms with Gasteiger partial charge < -0.3 is 10.6 Å². The topological polar surface area (TPSA) is 58.2 Å². The summed E-state index contributed by atoms with van der Waals surface area (Å²) < 4.78 is 0. The molecule has 3 atom stereocenters. The largest absolute Gasteiger partial charge is 0.349 e. The summed E-state index contributed by atoms with van der Waals surface area (Å²) in [4.78, 5) is 24.4. The average molecular weight is 312 g/mol. The molecule has 2 bridgehead atoms. The van der Waals surface area contributed by atoms with Crippen LogP contribution in [0.2, 0.25) is 0 Å². The zero-order chi connectivity index (χ0) is 15.8. The smallest absolute Gasteiger partial charge is 0.251 e. The third kappa shape index (κ3) is 3.41. The lowest BCUT2D eigenvalue weighted by Gasteiger charge is -2.20. The van der Waals surface area contributed by atoms with E-state index in [-0.39, 0.29) is 11.8 Å². The minimum atomic E-state index is -0.0447. The van der Waals surface area contributed by atoms with E-state index < -0.39 is 0 Å². The maximum absolute atomic E-state index is 12.3. The van der Waals surface area contributed by atoms with Crippen LogP contribution in [0.1, 0.15) is 55.3 Å². The first-order valence-corrected chi connectivity index (χ1v) is 8.88. The molecule has 4 rings (SSSR count). The highest BCUT2D eigenvalue weighted by Crippen LogP contribution is 2.49. The second-order valence-electron chi connectivity index (χ2n) is 7.52. The highest BCUT2D eigenvalue weighted by molar-refractivity contribution is 5.97. The van der Waals surface area contributed by atoms with Crippen LogP contribution >= 0.6 is 0 Å². The Kier molecular flexibility index (Phi) is 3.83. The van der Waals surface area contributed by atoms with Crippen molar-refractivity contribution in [2.45, 2.75) is 51.0 Å². The minimum absolute atomic E-state index is 0.0447. The molecule has 0 aliphatic heterocycles. The highest BCUT2D eigenvalue weighted by atomic mass is 16.2. The second kappa shape index (κ2) is 5.99. The predicted octanol–water partition coefficient (Wildman–Crippen LogP) is 3.34. The molecule has 2 N–H and O–H groups in total. The van der Waals surface area contributed by atoms with Gasteiger partial charge in [0.15, 0.2) is 0 Å². The van der Waals surface area contributed by atoms with Gasteiger partial charge in [0.1, 0.15) is 0 Å². The summed E-state index contributed by atoms with van der Waals surface area (Å²) in [5, 5.41) is 5.95. The van der Waals surface area contributed by atoms with E-state index in [0.717, 1.165) is 30.4 Å². The van der Waals surface area contributed by atoms with Crippen molar-refractivity contribution >= 4 is 17.5 Å². The van der Waals surface area contributed by atoms with Crippen LogP contribution in [0.3, 0.4) is 0 Å². The number of anilines is 1. The van der Waals surface area contributed by atoms with Crippen molar-refractivity contribution in [2.75, 3.05) is 5.32 Å². The Labute approximate surface area is 137 Å². The number of carbonyl (C=O) groups is 2. The lowest BCUT2D eigenvalue weighted by Crippen LogP contribution is -2.25. The van der Waals surface area contributed by atoms with Gasteiger partial charge in [-0.25, -0.2) is 0 Å². The number of nitrogens with one attached hydrogen (secondary N) is 2. The second-order valence-corrected chi connectivity index (χ2v) is 7.52. The van der Waals surface area contributed by atoms with Crippen molar-refractivity contribution in [3.8, 4) is 0 Å². The Bertz CT molecular complexity index is 624. The maximum atomic E-state index is 12.3. The number of amides is 2. The number of carbonyl (C=O) groups excluding carboxylic acids is 2. The summed E-state index contributed by atoms with van der Waals surface area (Å²) in [6.45, 7) is 0. The van der Waals surface area contributed by atoms with Gasteiger partial charge in [0.25, 0.3) is 5.91 Å². The fourth-order valence-electron chi connectivity index (χ4n) is 4.31. The Morgan fingerprint density at radius 3 is 2.65 bits per heavy atom. The Balaban J connectivity index is 1.34. The van der Waals surface area contributed by atoms with E-state index in [1.807, 2.05) is 12.1 Å². The summed E-state index contributed by atoms with van der Waals surface area (Å²) in [5.41, 5.74) is 1.34. The molecule has 4 nitrogen and oxygen atoms in total. The molecule has 3 aliphatic rings. The zero-order valence-electron chi connectivity index (χ0n) is 13.4. The molecular weight excluding hydrogens is 288 g/mol. The van der Waals surface area contributed by atoms with Crippen molar-refractivity contribution in [3.05, 3.63) is 29.8 Å². The number of rotatable bonds is 5. The van der Waals surface area contributed by atoms with Gasteiger partial charge in [0.05, 0.1) is 0 Å². The Morgan fingerprint density at radius 1 is 1.09 bits per heavy atom. The molecule has 0 aromatic heterocycles. The van der Waals surface area contributed by atoms with E-state index in [1.54, 1.807) is 12.1 Å². The van der Waals surface area contributed by atoms with Gasteiger partial charge >= 0.3 is 0 Å². The lowest BCUT2D eigenvalue weighted by atomic mass is 9.86. The van der Waals surface area contributed by atoms with Gasteiger partial charge in [-0.1, -0.05) is 12.5 Å². The SMILES string of the molecule is O=C(CC1CC2CCC1C2)Nc1cccc(C(=O)NC2CC2)c1. The summed E-state index contributed by atoms with van der Waals surface area (Å²) >= 11 is 0. The Morgan fingerprint density at radius 2 is 1.96 bits per heavy atom. The van der Waals surface area contributed by atoms with Crippen LogP contribution in [0.4, 0.5) is 5.69 Å². The highest BCUT2D eigenvalue weighted by Gasteiger charge is 2.40. The maximum Gasteiger partial charge on any atom is 0.251 e. The van der Waals surface area contributed by atoms with E-state index in [9.17, 15) is 9.59 Å². The molecule has 3 aliphatic carbocycles. The van der Waals surface area contributed by atoms with Crippen LogP contribution in [-0.4, -0.2) is 17.9 Å². The third-order valence-electron chi connectivity index (χ3n) is 5.65. The number of hydrogen-bond acceptors (Lipinski definition) is 2. The molecule has 0 radical (unpaired) electrons. The molecule has 1 aromatic carbocycles. The average Bonchev–Trinajstić information content (AvgIpc) is 3.10. The molecular formula is C19H24N2O2. The van der Waals surface area contributed by atoms with Crippen molar-refractivity contribution in [3.63, 3.8) is 0 Å². The van der Waals surface area contributed by atoms with Crippen LogP contribution in [0.25, 0.3) is 0 Å². The normalized spacial score (nSPS) is 28.6. The van der Waals surface area contributed by atoms with Crippen LogP contribution in [0, 0.1) is 17.8 Å². The van der Waals surface area contributed by atoms with Crippen molar-refractivity contribution in [1.82, 2.24) is 5.32 Å². The fraction of sp³-hybridized carbons (Fsp3) is 0.579. The molecule has 3 unspecified atom stereocenters. The first kappa shape index (κ1) is 14.7. The summed E-state index contributed by atoms with van der Waals surface area (Å²) in [6, 6.07) is 7.60. The third-order valence-corrected chi connectivity index (χ3v) is 5.65. The van der Waals surface area contributed by atoms with Gasteiger partial charge in [-0.3, -0.25) is 9.59 Å². The zero-order valence-corrected chi connectivity index (χ0v) is 13.4. The van der Waals surface area contributed by atoms with E-state index >= 15 is 0 Å². The van der Waals surface area contributed by atoms with Crippen molar-refractivity contribution in [1.29, 1.82) is 0 Å². The van der Waals surface area contributed by atoms with E-state index in [4.69, 9.17) is 0 Å². The van der Waals surface area contributed by atoms with Crippen LogP contribution in [-0.2, 0) is 4.79 Å². The quantitative estimate of drug-likeness (QED) is 0.876. The van der Waals surface area contributed by atoms with Crippen molar-refractivity contribution < 1.29 is 9.59 Å². The monoisotopic (exact) mass is 312 g/mol. The first-order valence-electron chi connectivity index (χ1n) is 8.88. The summed E-state index contributed by atoms with van der Waals surface area (Å²) in [5.74, 6) is 2.24. The number of benzene rings is 1. The molecule has 0 spiro atoms. The molecule has 3 saturated carbocycles. The molecule has 0 heterocycles. The van der Waals surface area contributed by atoms with E-state index in [2.05, 4.69) is 10.6 Å². The van der Waals surface area contributed by atoms with Crippen LogP contribution in [0.5, 0.6) is 0 Å². The summed E-state index contributed by atoms with van der Waals surface area (Å²) in [7, 11) is 0. The molecule has 2 amide bonds. The molecule has 4 heteroatoms. The number of fused-ring (bicyclic) bond motifs is 2. The van der Waals surface area contributed by atoms with Crippen molar-refractivity contribution in [2.24, 2.45) is 17.8 Å². The molecule has 23 heavy (non-hydrogen) atoms. The molecule has 3 fully saturated rings. The van der Waals surface area contributed by atoms with Gasteiger partial charge in [-0.15, -0.1) is 0 Å². The fourth-order valence-corrected chi connectivity index (χ4v) is 4.31. The molecule has 0 saturated heterocycles. The van der Waals surface area contributed by atoms with Crippen LogP contribution in [0.15, 0.2) is 24.3 Å². The first-order chi connectivity index (χ1) is 11.2. The predicted molar refractivity (Wildman–Crippen MR) is 89.1 cm³/mol. The molecule has 122 valence electrons. The summed E-state index contributed by atoms with van der Waals surface area (Å²) in [6.07, 6.45) is 7.99. The lowest BCUT2D eigenvalue weighted by molar-refractivity contribution is -0.117. The van der Waals surface area contributed by atoms with Gasteiger partial charge in [-0.05, 0) is 68.1 Å². The Hall–Kier alpha value is -1.84. The molecule has 1 aromatic rings. The van der Waals surface area contributed by atoms with Crippen LogP contribution < -0.4 is 10.6 Å². The van der Waals surface area contributed by atoms with E-state index in [1.165, 1.54) is 25.7 Å². The number of hydrogen-bond donors (Lipinski definition) is 2. The standard InChI is InChI=1S/C19H24N2O2/c22-18(11-15-9-12-4-5-13(15)8-12)20-17-3-1-2-14(10-17)19(23)21-16-6-7-16/h1-3,10,12-13,15-16H,4-9,11H2,(H,20,22)(H,21,23).